The van der Waals surface area contributed by atoms with Gasteiger partial charge in [-0.3, -0.25) is 4.79 Å². The largest absolute Gasteiger partial charge is 0.358 e. The van der Waals surface area contributed by atoms with Crippen LogP contribution in [0.2, 0.25) is 0 Å². The van der Waals surface area contributed by atoms with Crippen molar-refractivity contribution < 1.29 is 4.79 Å². The van der Waals surface area contributed by atoms with Crippen LogP contribution in [0.5, 0.6) is 0 Å². The number of hydrogen-bond donors (Lipinski definition) is 2. The van der Waals surface area contributed by atoms with E-state index in [9.17, 15) is 4.79 Å². The lowest BCUT2D eigenvalue weighted by atomic mass is 9.49. The molecule has 4 fully saturated rings. The molecule has 1 aromatic carbocycles. The second kappa shape index (κ2) is 5.37. The van der Waals surface area contributed by atoms with Gasteiger partial charge in [-0.25, -0.2) is 0 Å². The Bertz CT molecular complexity index is 844. The van der Waals surface area contributed by atoms with Crippen LogP contribution >= 0.6 is 0 Å². The van der Waals surface area contributed by atoms with Crippen LogP contribution in [-0.4, -0.2) is 16.9 Å². The van der Waals surface area contributed by atoms with E-state index in [2.05, 4.69) is 34.6 Å². The zero-order chi connectivity index (χ0) is 17.3. The Morgan fingerprint density at radius 2 is 1.73 bits per heavy atom. The summed E-state index contributed by atoms with van der Waals surface area (Å²) in [5.74, 6) is 3.08. The molecule has 7 rings (SSSR count). The predicted octanol–water partition coefficient (Wildman–Crippen LogP) is 4.36. The van der Waals surface area contributed by atoms with E-state index in [0.29, 0.717) is 11.3 Å². The Labute approximate surface area is 154 Å². The van der Waals surface area contributed by atoms with Gasteiger partial charge in [-0.05, 0) is 79.7 Å². The zero-order valence-electron chi connectivity index (χ0n) is 15.4. The van der Waals surface area contributed by atoms with Crippen molar-refractivity contribution in [2.45, 2.75) is 63.8 Å². The van der Waals surface area contributed by atoms with Crippen molar-refractivity contribution in [3.63, 3.8) is 0 Å². The molecule has 1 heterocycles. The first-order chi connectivity index (χ1) is 12.7. The Balaban J connectivity index is 1.14. The minimum Gasteiger partial charge on any atom is -0.358 e. The Hall–Kier alpha value is -1.77. The van der Waals surface area contributed by atoms with E-state index >= 15 is 0 Å². The second-order valence-corrected chi connectivity index (χ2v) is 9.89. The quantitative estimate of drug-likeness (QED) is 0.850. The number of para-hydroxylation sites is 1. The molecule has 1 aromatic heterocycles. The van der Waals surface area contributed by atoms with Gasteiger partial charge in [0.1, 0.15) is 0 Å². The molecule has 1 atom stereocenters. The minimum absolute atomic E-state index is 0.280. The first-order valence-corrected chi connectivity index (χ1v) is 10.5. The van der Waals surface area contributed by atoms with Crippen molar-refractivity contribution in [1.82, 2.24) is 10.3 Å². The van der Waals surface area contributed by atoms with E-state index in [1.54, 1.807) is 0 Å². The first kappa shape index (κ1) is 15.3. The number of H-pyrrole nitrogens is 1. The number of rotatable bonds is 3. The lowest BCUT2D eigenvalue weighted by Gasteiger charge is -2.56. The Morgan fingerprint density at radius 3 is 2.46 bits per heavy atom. The second-order valence-electron chi connectivity index (χ2n) is 9.89. The fraction of sp³-hybridized carbons (Fsp3) is 0.609. The summed E-state index contributed by atoms with van der Waals surface area (Å²) in [7, 11) is 0. The number of aromatic amines is 1. The highest BCUT2D eigenvalue weighted by molar-refractivity contribution is 5.85. The highest BCUT2D eigenvalue weighted by atomic mass is 16.1. The monoisotopic (exact) mass is 348 g/mol. The van der Waals surface area contributed by atoms with Crippen LogP contribution in [0.1, 0.15) is 56.2 Å². The molecule has 0 aliphatic heterocycles. The van der Waals surface area contributed by atoms with Crippen molar-refractivity contribution in [3.05, 3.63) is 35.5 Å². The molecule has 5 aliphatic rings. The standard InChI is InChI=1S/C23H28N2O/c26-22(13-23-10-14-5-15(11-23)7-16(6-14)12-23)24-17-8-19-18-3-1-2-4-20(18)25-21(19)9-17/h1-4,14-17,25H,5-13H2,(H,24,26). The number of aromatic nitrogens is 1. The number of carbonyl (C=O) groups is 1. The molecule has 0 saturated heterocycles. The summed E-state index contributed by atoms with van der Waals surface area (Å²) in [5.41, 5.74) is 4.32. The van der Waals surface area contributed by atoms with Gasteiger partial charge in [-0.1, -0.05) is 18.2 Å². The Kier molecular flexibility index (Phi) is 3.16. The van der Waals surface area contributed by atoms with Crippen LogP contribution in [0.15, 0.2) is 24.3 Å². The predicted molar refractivity (Wildman–Crippen MR) is 103 cm³/mol. The van der Waals surface area contributed by atoms with Crippen molar-refractivity contribution >= 4 is 16.8 Å². The van der Waals surface area contributed by atoms with Gasteiger partial charge in [0.05, 0.1) is 0 Å². The zero-order valence-corrected chi connectivity index (χ0v) is 15.4. The van der Waals surface area contributed by atoms with Crippen molar-refractivity contribution in [2.75, 3.05) is 0 Å². The topological polar surface area (TPSA) is 44.9 Å². The van der Waals surface area contributed by atoms with Gasteiger partial charge in [0.2, 0.25) is 5.91 Å². The maximum Gasteiger partial charge on any atom is 0.220 e. The Morgan fingerprint density at radius 1 is 1.04 bits per heavy atom. The minimum atomic E-state index is 0.280. The summed E-state index contributed by atoms with van der Waals surface area (Å²) < 4.78 is 0. The molecule has 4 bridgehead atoms. The van der Waals surface area contributed by atoms with Crippen LogP contribution in [-0.2, 0) is 17.6 Å². The van der Waals surface area contributed by atoms with E-state index in [1.165, 1.54) is 60.7 Å². The smallest absolute Gasteiger partial charge is 0.220 e. The number of hydrogen-bond acceptors (Lipinski definition) is 1. The number of nitrogens with one attached hydrogen (secondary N) is 2. The molecule has 3 heteroatoms. The molecule has 26 heavy (non-hydrogen) atoms. The van der Waals surface area contributed by atoms with Crippen LogP contribution < -0.4 is 5.32 Å². The summed E-state index contributed by atoms with van der Waals surface area (Å²) in [4.78, 5) is 16.5. The van der Waals surface area contributed by atoms with Gasteiger partial charge < -0.3 is 10.3 Å². The summed E-state index contributed by atoms with van der Waals surface area (Å²) in [6, 6.07) is 8.81. The molecule has 0 spiro atoms. The lowest BCUT2D eigenvalue weighted by Crippen LogP contribution is -2.48. The molecule has 2 N–H and O–H groups in total. The van der Waals surface area contributed by atoms with Crippen LogP contribution in [0.4, 0.5) is 0 Å². The third kappa shape index (κ3) is 2.35. The molecule has 136 valence electrons. The molecule has 1 unspecified atom stereocenters. The maximum absolute atomic E-state index is 12.9. The number of benzene rings is 1. The fourth-order valence-corrected chi connectivity index (χ4v) is 7.46. The lowest BCUT2D eigenvalue weighted by molar-refractivity contribution is -0.130. The molecular weight excluding hydrogens is 320 g/mol. The molecular formula is C23H28N2O. The normalized spacial score (nSPS) is 37.2. The molecule has 2 aromatic rings. The third-order valence-electron chi connectivity index (χ3n) is 7.87. The number of amides is 1. The molecule has 0 radical (unpaired) electrons. The van der Waals surface area contributed by atoms with Crippen molar-refractivity contribution in [3.8, 4) is 0 Å². The van der Waals surface area contributed by atoms with Gasteiger partial charge in [0, 0.05) is 35.5 Å². The SMILES string of the molecule is O=C(CC12CC3CC(CC(C3)C1)C2)NC1Cc2[nH]c3ccccc3c2C1. The fourth-order valence-electron chi connectivity index (χ4n) is 7.46. The van der Waals surface area contributed by atoms with Crippen molar-refractivity contribution in [2.24, 2.45) is 23.2 Å². The van der Waals surface area contributed by atoms with E-state index < -0.39 is 0 Å². The third-order valence-corrected chi connectivity index (χ3v) is 7.87. The number of fused-ring (bicyclic) bond motifs is 3. The average Bonchev–Trinajstić information content (AvgIpc) is 3.09. The summed E-state index contributed by atoms with van der Waals surface area (Å²) in [6.07, 6.45) is 11.0. The van der Waals surface area contributed by atoms with Gasteiger partial charge >= 0.3 is 0 Å². The van der Waals surface area contributed by atoms with E-state index in [-0.39, 0.29) is 6.04 Å². The molecule has 1 amide bonds. The average molecular weight is 348 g/mol. The summed E-state index contributed by atoms with van der Waals surface area (Å²) in [5, 5.41) is 4.73. The van der Waals surface area contributed by atoms with E-state index in [4.69, 9.17) is 0 Å². The molecule has 3 nitrogen and oxygen atoms in total. The molecule has 4 saturated carbocycles. The van der Waals surface area contributed by atoms with Gasteiger partial charge in [0.15, 0.2) is 0 Å². The highest BCUT2D eigenvalue weighted by Gasteiger charge is 2.51. The van der Waals surface area contributed by atoms with Crippen LogP contribution in [0.25, 0.3) is 10.9 Å². The van der Waals surface area contributed by atoms with Gasteiger partial charge in [0.25, 0.3) is 0 Å². The van der Waals surface area contributed by atoms with Crippen molar-refractivity contribution in [1.29, 1.82) is 0 Å². The maximum atomic E-state index is 12.9. The van der Waals surface area contributed by atoms with E-state index in [0.717, 1.165) is 37.0 Å². The molecule has 5 aliphatic carbocycles. The van der Waals surface area contributed by atoms with Gasteiger partial charge in [-0.15, -0.1) is 0 Å². The van der Waals surface area contributed by atoms with Crippen LogP contribution in [0.3, 0.4) is 0 Å². The van der Waals surface area contributed by atoms with E-state index in [1.807, 2.05) is 0 Å². The van der Waals surface area contributed by atoms with Crippen LogP contribution in [0, 0.1) is 23.2 Å². The first-order valence-electron chi connectivity index (χ1n) is 10.5. The summed E-state index contributed by atoms with van der Waals surface area (Å²) in [6.45, 7) is 0. The highest BCUT2D eigenvalue weighted by Crippen LogP contribution is 2.61. The summed E-state index contributed by atoms with van der Waals surface area (Å²) >= 11 is 0. The van der Waals surface area contributed by atoms with Gasteiger partial charge in [-0.2, -0.15) is 0 Å². The number of carbonyl (C=O) groups excluding carboxylic acids is 1.